The van der Waals surface area contributed by atoms with Crippen LogP contribution >= 0.6 is 0 Å². The number of hydrogen-bond acceptors (Lipinski definition) is 5. The molecule has 2 aromatic rings. The van der Waals surface area contributed by atoms with E-state index in [0.29, 0.717) is 12.3 Å². The Balaban J connectivity index is 2.26. The number of ether oxygens (including phenoxy) is 1. The van der Waals surface area contributed by atoms with Gasteiger partial charge in [-0.3, -0.25) is 0 Å². The van der Waals surface area contributed by atoms with Gasteiger partial charge >= 0.3 is 12.0 Å². The zero-order valence-corrected chi connectivity index (χ0v) is 13.6. The topological polar surface area (TPSA) is 75.5 Å². The summed E-state index contributed by atoms with van der Waals surface area (Å²) in [4.78, 5) is 21.8. The fourth-order valence-electron chi connectivity index (χ4n) is 2.18. The first-order valence-corrected chi connectivity index (χ1v) is 7.43. The molecule has 2 rings (SSSR count). The number of carbonyl (C=O) groups is 1. The van der Waals surface area contributed by atoms with Crippen LogP contribution in [0.5, 0.6) is 6.01 Å². The summed E-state index contributed by atoms with van der Waals surface area (Å²) in [6.07, 6.45) is 2.15. The van der Waals surface area contributed by atoms with Gasteiger partial charge in [0.1, 0.15) is 5.56 Å². The SMILES string of the molecule is Cc1ccccc1-c1nc(OCCCN(C)C)ncc1C(=O)O. The molecule has 0 spiro atoms. The second-order valence-corrected chi connectivity index (χ2v) is 5.54. The van der Waals surface area contributed by atoms with Crippen molar-refractivity contribution >= 4 is 5.97 Å². The van der Waals surface area contributed by atoms with Crippen LogP contribution in [0.2, 0.25) is 0 Å². The lowest BCUT2D eigenvalue weighted by Crippen LogP contribution is -2.16. The highest BCUT2D eigenvalue weighted by Crippen LogP contribution is 2.26. The summed E-state index contributed by atoms with van der Waals surface area (Å²) in [5.74, 6) is -1.05. The zero-order valence-electron chi connectivity index (χ0n) is 13.6. The zero-order chi connectivity index (χ0) is 16.8. The average Bonchev–Trinajstić information content (AvgIpc) is 2.51. The molecule has 0 saturated heterocycles. The van der Waals surface area contributed by atoms with Crippen molar-refractivity contribution in [3.8, 4) is 17.3 Å². The first-order chi connectivity index (χ1) is 11.0. The van der Waals surface area contributed by atoms with Gasteiger partial charge < -0.3 is 14.7 Å². The molecular weight excluding hydrogens is 294 g/mol. The van der Waals surface area contributed by atoms with Crippen LogP contribution in [0.3, 0.4) is 0 Å². The molecule has 0 amide bonds. The highest BCUT2D eigenvalue weighted by Gasteiger charge is 2.17. The summed E-state index contributed by atoms with van der Waals surface area (Å²) < 4.78 is 5.55. The predicted octanol–water partition coefficient (Wildman–Crippen LogP) is 2.48. The highest BCUT2D eigenvalue weighted by atomic mass is 16.5. The summed E-state index contributed by atoms with van der Waals surface area (Å²) in [5, 5.41) is 9.36. The maximum absolute atomic E-state index is 11.4. The number of carboxylic acids is 1. The Morgan fingerprint density at radius 2 is 2.04 bits per heavy atom. The van der Waals surface area contributed by atoms with E-state index in [1.54, 1.807) is 0 Å². The van der Waals surface area contributed by atoms with E-state index in [9.17, 15) is 9.90 Å². The lowest BCUT2D eigenvalue weighted by atomic mass is 10.0. The number of rotatable bonds is 7. The molecule has 1 N–H and O–H groups in total. The Kier molecular flexibility index (Phi) is 5.65. The number of aromatic carboxylic acids is 1. The van der Waals surface area contributed by atoms with Crippen molar-refractivity contribution in [1.82, 2.24) is 14.9 Å². The van der Waals surface area contributed by atoms with Crippen molar-refractivity contribution in [2.45, 2.75) is 13.3 Å². The van der Waals surface area contributed by atoms with Gasteiger partial charge in [0, 0.05) is 18.3 Å². The monoisotopic (exact) mass is 315 g/mol. The molecule has 0 atom stereocenters. The maximum Gasteiger partial charge on any atom is 0.339 e. The van der Waals surface area contributed by atoms with Crippen molar-refractivity contribution in [3.63, 3.8) is 0 Å². The van der Waals surface area contributed by atoms with Gasteiger partial charge in [0.2, 0.25) is 0 Å². The molecule has 23 heavy (non-hydrogen) atoms. The molecule has 1 aromatic carbocycles. The van der Waals surface area contributed by atoms with Crippen LogP contribution in [0.25, 0.3) is 11.3 Å². The normalized spacial score (nSPS) is 10.8. The largest absolute Gasteiger partial charge is 0.478 e. The van der Waals surface area contributed by atoms with Gasteiger partial charge in [0.05, 0.1) is 12.3 Å². The van der Waals surface area contributed by atoms with Crippen LogP contribution in [0, 0.1) is 6.92 Å². The molecule has 6 nitrogen and oxygen atoms in total. The Hall–Kier alpha value is -2.47. The van der Waals surface area contributed by atoms with Gasteiger partial charge in [-0.2, -0.15) is 4.98 Å². The molecule has 6 heteroatoms. The van der Waals surface area contributed by atoms with E-state index in [-0.39, 0.29) is 11.6 Å². The molecular formula is C17H21N3O3. The molecule has 0 aliphatic heterocycles. The Bertz CT molecular complexity index is 687. The average molecular weight is 315 g/mol. The van der Waals surface area contributed by atoms with E-state index in [0.717, 1.165) is 24.1 Å². The van der Waals surface area contributed by atoms with Crippen molar-refractivity contribution < 1.29 is 14.6 Å². The summed E-state index contributed by atoms with van der Waals surface area (Å²) in [5.41, 5.74) is 2.17. The minimum atomic E-state index is -1.05. The molecule has 1 heterocycles. The molecule has 0 aliphatic carbocycles. The van der Waals surface area contributed by atoms with Crippen LogP contribution < -0.4 is 4.74 Å². The van der Waals surface area contributed by atoms with Crippen LogP contribution in [-0.4, -0.2) is 53.2 Å². The van der Waals surface area contributed by atoms with Gasteiger partial charge in [-0.15, -0.1) is 0 Å². The molecule has 0 unspecified atom stereocenters. The van der Waals surface area contributed by atoms with Crippen LogP contribution in [0.4, 0.5) is 0 Å². The molecule has 122 valence electrons. The Morgan fingerprint density at radius 1 is 1.30 bits per heavy atom. The summed E-state index contributed by atoms with van der Waals surface area (Å²) >= 11 is 0. The summed E-state index contributed by atoms with van der Waals surface area (Å²) in [7, 11) is 3.99. The number of aromatic nitrogens is 2. The quantitative estimate of drug-likeness (QED) is 0.791. The van der Waals surface area contributed by atoms with Gasteiger partial charge in [-0.25, -0.2) is 9.78 Å². The lowest BCUT2D eigenvalue weighted by Gasteiger charge is -2.12. The van der Waals surface area contributed by atoms with Gasteiger partial charge in [0.25, 0.3) is 0 Å². The predicted molar refractivity (Wildman–Crippen MR) is 87.8 cm³/mol. The van der Waals surface area contributed by atoms with Gasteiger partial charge in [-0.05, 0) is 33.0 Å². The van der Waals surface area contributed by atoms with Crippen molar-refractivity contribution in [2.24, 2.45) is 0 Å². The first kappa shape index (κ1) is 16.9. The van der Waals surface area contributed by atoms with E-state index in [1.807, 2.05) is 45.3 Å². The van der Waals surface area contributed by atoms with Gasteiger partial charge in [0.15, 0.2) is 0 Å². The van der Waals surface area contributed by atoms with E-state index < -0.39 is 5.97 Å². The third-order valence-corrected chi connectivity index (χ3v) is 3.38. The smallest absolute Gasteiger partial charge is 0.339 e. The summed E-state index contributed by atoms with van der Waals surface area (Å²) in [6, 6.07) is 7.72. The fraction of sp³-hybridized carbons (Fsp3) is 0.353. The molecule has 1 aromatic heterocycles. The minimum Gasteiger partial charge on any atom is -0.478 e. The minimum absolute atomic E-state index is 0.0694. The second kappa shape index (κ2) is 7.69. The highest BCUT2D eigenvalue weighted by molar-refractivity contribution is 5.94. The van der Waals surface area contributed by atoms with Crippen LogP contribution in [-0.2, 0) is 0 Å². The Morgan fingerprint density at radius 3 is 2.70 bits per heavy atom. The number of carboxylic acid groups (broad SMARTS) is 1. The lowest BCUT2D eigenvalue weighted by molar-refractivity contribution is 0.0696. The van der Waals surface area contributed by atoms with Gasteiger partial charge in [-0.1, -0.05) is 24.3 Å². The van der Waals surface area contributed by atoms with E-state index in [2.05, 4.69) is 14.9 Å². The van der Waals surface area contributed by atoms with Crippen molar-refractivity contribution in [3.05, 3.63) is 41.6 Å². The number of hydrogen-bond donors (Lipinski definition) is 1. The summed E-state index contributed by atoms with van der Waals surface area (Å²) in [6.45, 7) is 3.30. The fourth-order valence-corrected chi connectivity index (χ4v) is 2.18. The number of nitrogens with zero attached hydrogens (tertiary/aromatic N) is 3. The van der Waals surface area contributed by atoms with E-state index in [4.69, 9.17) is 4.74 Å². The number of aryl methyl sites for hydroxylation is 1. The van der Waals surface area contributed by atoms with Crippen LogP contribution in [0.1, 0.15) is 22.3 Å². The molecule has 0 fully saturated rings. The number of benzene rings is 1. The standard InChI is InChI=1S/C17H21N3O3/c1-12-7-4-5-8-13(12)15-14(16(21)22)11-18-17(19-15)23-10-6-9-20(2)3/h4-5,7-8,11H,6,9-10H2,1-3H3,(H,21,22). The molecule has 0 aliphatic rings. The Labute approximate surface area is 135 Å². The van der Waals surface area contributed by atoms with E-state index >= 15 is 0 Å². The second-order valence-electron chi connectivity index (χ2n) is 5.54. The van der Waals surface area contributed by atoms with Crippen LogP contribution in [0.15, 0.2) is 30.5 Å². The van der Waals surface area contributed by atoms with Crippen molar-refractivity contribution in [2.75, 3.05) is 27.2 Å². The molecule has 0 radical (unpaired) electrons. The molecule has 0 bridgehead atoms. The third kappa shape index (κ3) is 4.50. The van der Waals surface area contributed by atoms with Crippen molar-refractivity contribution in [1.29, 1.82) is 0 Å². The maximum atomic E-state index is 11.4. The third-order valence-electron chi connectivity index (χ3n) is 3.38. The first-order valence-electron chi connectivity index (χ1n) is 7.43. The molecule has 0 saturated carbocycles. The van der Waals surface area contributed by atoms with E-state index in [1.165, 1.54) is 6.20 Å².